The van der Waals surface area contributed by atoms with Crippen LogP contribution in [0.1, 0.15) is 91.0 Å². The van der Waals surface area contributed by atoms with Crippen LogP contribution in [-0.2, 0) is 63.9 Å². The molecule has 11 N–H and O–H groups in total. The van der Waals surface area contributed by atoms with Crippen molar-refractivity contribution in [2.45, 2.75) is 134 Å². The molecule has 8 atom stereocenters. The highest BCUT2D eigenvalue weighted by atomic mass is 32.2. The zero-order valence-electron chi connectivity index (χ0n) is 39.6. The molecule has 0 aromatic heterocycles. The van der Waals surface area contributed by atoms with Crippen molar-refractivity contribution < 1.29 is 67.7 Å². The molecule has 0 saturated carbocycles. The molecule has 0 aliphatic carbocycles. The number of nitrogens with one attached hydrogen (secondary N) is 7. The number of nitrogens with zero attached hydrogens (tertiary/aromatic N) is 1. The van der Waals surface area contributed by atoms with Crippen LogP contribution < -0.4 is 43.0 Å². The molecule has 0 spiro atoms. The summed E-state index contributed by atoms with van der Waals surface area (Å²) in [6.07, 6.45) is -0.774. The van der Waals surface area contributed by atoms with Crippen molar-refractivity contribution >= 4 is 76.9 Å². The highest BCUT2D eigenvalue weighted by Crippen LogP contribution is 2.22. The van der Waals surface area contributed by atoms with Gasteiger partial charge >= 0.3 is 11.9 Å². The molecular formula is C45H67N9O14S. The monoisotopic (exact) mass is 989 g/mol. The summed E-state index contributed by atoms with van der Waals surface area (Å²) in [7, 11) is 1.15. The molecule has 2 aliphatic rings. The third-order valence-corrected chi connectivity index (χ3v) is 12.7. The summed E-state index contributed by atoms with van der Waals surface area (Å²) >= 11 is 1.16. The normalized spacial score (nSPS) is 23.2. The number of aliphatic carboxylic acids is 1. The summed E-state index contributed by atoms with van der Waals surface area (Å²) in [6.45, 7) is 6.68. The summed E-state index contributed by atoms with van der Waals surface area (Å²) in [4.78, 5) is 148. The smallest absolute Gasteiger partial charge is 0.325 e. The van der Waals surface area contributed by atoms with Gasteiger partial charge in [-0.3, -0.25) is 52.7 Å². The second-order valence-electron chi connectivity index (χ2n) is 17.5. The van der Waals surface area contributed by atoms with Crippen LogP contribution in [-0.4, -0.2) is 154 Å². The first-order chi connectivity index (χ1) is 32.6. The molecule has 0 radical (unpaired) electrons. The number of likely N-dealkylation sites (tertiary alicyclic amines) is 1. The number of hydrogen-bond donors (Lipinski definition) is 10. The first-order valence-electron chi connectivity index (χ1n) is 23.0. The highest BCUT2D eigenvalue weighted by Gasteiger charge is 2.41. The molecule has 24 heteroatoms. The number of ether oxygens (including phenoxy) is 1. The Labute approximate surface area is 404 Å². The maximum absolute atomic E-state index is 14.5. The minimum atomic E-state index is -1.75. The SMILES string of the molecule is CC[C@H](C)[C@@H]1NC(=O)[C@H](Cc2ccc(O)cc2)NC(=O)CCCSC[C@@H](C(=O)N2CCC[C@H]2C(=O)N[C@@H](CC(C)C)C(=O)NCC(=O)OC)NC(=O)[C@H](CC(N)=O)NC(=O)C(CCC(=O)O)NC1=O. The number of carboxylic acids is 1. The maximum Gasteiger partial charge on any atom is 0.325 e. The average Bonchev–Trinajstić information content (AvgIpc) is 3.80. The molecule has 0 bridgehead atoms. The Balaban J connectivity index is 2.01. The van der Waals surface area contributed by atoms with Gasteiger partial charge in [-0.15, -0.1) is 0 Å². The number of thioether (sulfide) groups is 1. The number of carbonyl (C=O) groups excluding carboxylic acids is 10. The van der Waals surface area contributed by atoms with Gasteiger partial charge < -0.3 is 62.8 Å². The molecule has 2 fully saturated rings. The van der Waals surface area contributed by atoms with E-state index in [1.54, 1.807) is 26.0 Å². The van der Waals surface area contributed by atoms with Crippen LogP contribution in [0.5, 0.6) is 5.75 Å². The standard InChI is InChI=1S/C45H67N9O14S/c1-6-25(4)38-44(66)49-28(15-16-36(58)59)40(62)50-31(21-34(46)56)41(63)52-32(23-69-18-8-10-35(57)48-30(42(64)53-38)20-26-11-13-27(55)14-12-26)45(67)54-17-7-9-33(54)43(65)51-29(19-24(2)3)39(61)47-22-37(60)68-5/h11-14,24-25,28-33,38,55H,6-10,15-23H2,1-5H3,(H2,46,56)(H,47,61)(H,48,57)(H,49,66)(H,50,62)(H,51,65)(H,52,63)(H,53,64)(H,58,59)/t25-,28?,29-,30-,31-,32-,33-,38-/m0/s1. The zero-order chi connectivity index (χ0) is 51.4. The minimum Gasteiger partial charge on any atom is -0.508 e. The molecule has 23 nitrogen and oxygen atoms in total. The third kappa shape index (κ3) is 18.9. The van der Waals surface area contributed by atoms with Gasteiger partial charge in [0.05, 0.1) is 13.5 Å². The average molecular weight is 990 g/mol. The number of aromatic hydroxyl groups is 1. The van der Waals surface area contributed by atoms with Crippen LogP contribution in [0.15, 0.2) is 24.3 Å². The second kappa shape index (κ2) is 28.1. The highest BCUT2D eigenvalue weighted by molar-refractivity contribution is 7.99. The van der Waals surface area contributed by atoms with E-state index in [0.717, 1.165) is 18.9 Å². The molecule has 2 saturated heterocycles. The molecule has 9 amide bonds. The molecule has 2 aliphatic heterocycles. The summed E-state index contributed by atoms with van der Waals surface area (Å²) in [5, 5.41) is 37.3. The molecular weight excluding hydrogens is 923 g/mol. The van der Waals surface area contributed by atoms with Crippen LogP contribution in [0.25, 0.3) is 0 Å². The fourth-order valence-electron chi connectivity index (χ4n) is 7.59. The lowest BCUT2D eigenvalue weighted by Gasteiger charge is -2.31. The van der Waals surface area contributed by atoms with Gasteiger partial charge in [-0.2, -0.15) is 11.8 Å². The van der Waals surface area contributed by atoms with E-state index < -0.39 is 139 Å². The molecule has 1 unspecified atom stereocenters. The lowest BCUT2D eigenvalue weighted by molar-refractivity contribution is -0.143. The van der Waals surface area contributed by atoms with Crippen molar-refractivity contribution in [3.05, 3.63) is 29.8 Å². The number of benzene rings is 1. The predicted molar refractivity (Wildman–Crippen MR) is 249 cm³/mol. The van der Waals surface area contributed by atoms with E-state index >= 15 is 0 Å². The maximum atomic E-state index is 14.5. The van der Waals surface area contributed by atoms with Crippen molar-refractivity contribution in [3.63, 3.8) is 0 Å². The molecule has 1 aromatic carbocycles. The van der Waals surface area contributed by atoms with Crippen LogP contribution >= 0.6 is 11.8 Å². The second-order valence-corrected chi connectivity index (χ2v) is 18.7. The Morgan fingerprint density at radius 2 is 1.54 bits per heavy atom. The number of primary amides is 1. The van der Waals surface area contributed by atoms with Crippen molar-refractivity contribution in [1.82, 2.24) is 42.1 Å². The van der Waals surface area contributed by atoms with Crippen LogP contribution in [0.2, 0.25) is 0 Å². The van der Waals surface area contributed by atoms with E-state index in [1.807, 2.05) is 13.8 Å². The number of hydrogen-bond acceptors (Lipinski definition) is 14. The van der Waals surface area contributed by atoms with E-state index in [4.69, 9.17) is 5.73 Å². The Hall–Kier alpha value is -6.46. The van der Waals surface area contributed by atoms with Crippen molar-refractivity contribution in [3.8, 4) is 5.75 Å². The Kier molecular flexibility index (Phi) is 23.2. The van der Waals surface area contributed by atoms with E-state index in [2.05, 4.69) is 42.0 Å². The number of carbonyl (C=O) groups is 11. The summed E-state index contributed by atoms with van der Waals surface area (Å²) < 4.78 is 4.59. The molecule has 382 valence electrons. The van der Waals surface area contributed by atoms with Gasteiger partial charge in [0.25, 0.3) is 0 Å². The van der Waals surface area contributed by atoms with Gasteiger partial charge in [0.15, 0.2) is 0 Å². The minimum absolute atomic E-state index is 0.0302. The van der Waals surface area contributed by atoms with Gasteiger partial charge in [-0.05, 0) is 67.4 Å². The Morgan fingerprint density at radius 3 is 2.16 bits per heavy atom. The molecule has 2 heterocycles. The van der Waals surface area contributed by atoms with Gasteiger partial charge in [-0.1, -0.05) is 46.2 Å². The Bertz CT molecular complexity index is 2020. The van der Waals surface area contributed by atoms with E-state index in [1.165, 1.54) is 17.0 Å². The molecule has 3 rings (SSSR count). The first kappa shape index (κ1) is 56.9. The fraction of sp³-hybridized carbons (Fsp3) is 0.622. The fourth-order valence-corrected chi connectivity index (χ4v) is 8.57. The van der Waals surface area contributed by atoms with Crippen molar-refractivity contribution in [2.75, 3.05) is 31.7 Å². The van der Waals surface area contributed by atoms with Crippen LogP contribution in [0, 0.1) is 11.8 Å². The van der Waals surface area contributed by atoms with Gasteiger partial charge in [0.2, 0.25) is 53.2 Å². The molecule has 1 aromatic rings. The lowest BCUT2D eigenvalue weighted by Crippen LogP contribution is -2.61. The summed E-state index contributed by atoms with van der Waals surface area (Å²) in [5.74, 6) is -10.0. The van der Waals surface area contributed by atoms with Gasteiger partial charge in [0, 0.05) is 31.6 Å². The lowest BCUT2D eigenvalue weighted by atomic mass is 9.96. The Morgan fingerprint density at radius 1 is 0.884 bits per heavy atom. The number of carboxylic acid groups (broad SMARTS) is 1. The largest absolute Gasteiger partial charge is 0.508 e. The predicted octanol–water partition coefficient (Wildman–Crippen LogP) is -1.52. The van der Waals surface area contributed by atoms with E-state index in [9.17, 15) is 63.0 Å². The number of methoxy groups -OCH3 is 1. The van der Waals surface area contributed by atoms with Crippen LogP contribution in [0.4, 0.5) is 0 Å². The third-order valence-electron chi connectivity index (χ3n) is 11.5. The summed E-state index contributed by atoms with van der Waals surface area (Å²) in [5.41, 5.74) is 6.06. The number of amides is 9. The number of phenolic OH excluding ortho intramolecular Hbond substituents is 1. The van der Waals surface area contributed by atoms with Crippen LogP contribution in [0.3, 0.4) is 0 Å². The molecule has 69 heavy (non-hydrogen) atoms. The quantitative estimate of drug-likeness (QED) is 0.0793. The zero-order valence-corrected chi connectivity index (χ0v) is 40.4. The van der Waals surface area contributed by atoms with Crippen molar-refractivity contribution in [2.24, 2.45) is 17.6 Å². The van der Waals surface area contributed by atoms with E-state index in [-0.39, 0.29) is 61.8 Å². The van der Waals surface area contributed by atoms with Gasteiger partial charge in [0.1, 0.15) is 54.6 Å². The number of esters is 1. The van der Waals surface area contributed by atoms with Gasteiger partial charge in [-0.25, -0.2) is 0 Å². The first-order valence-corrected chi connectivity index (χ1v) is 24.1. The number of nitrogens with two attached hydrogens (primary N) is 1. The number of rotatable bonds is 17. The topological polar surface area (TPSA) is 351 Å². The van der Waals surface area contributed by atoms with Crippen molar-refractivity contribution in [1.29, 1.82) is 0 Å². The summed E-state index contributed by atoms with van der Waals surface area (Å²) in [6, 6.07) is -3.60. The number of phenols is 1. The van der Waals surface area contributed by atoms with E-state index in [0.29, 0.717) is 18.4 Å².